The molecule has 1 fully saturated rings. The highest BCUT2D eigenvalue weighted by molar-refractivity contribution is 5.97. The van der Waals surface area contributed by atoms with Gasteiger partial charge in [-0.25, -0.2) is 4.79 Å². The van der Waals surface area contributed by atoms with E-state index < -0.39 is 30.2 Å². The molecule has 1 aliphatic rings. The summed E-state index contributed by atoms with van der Waals surface area (Å²) in [6, 6.07) is 6.37. The van der Waals surface area contributed by atoms with E-state index in [1.165, 1.54) is 18.3 Å². The number of H-pyrrole nitrogens is 1. The Hall–Kier alpha value is -2.97. The van der Waals surface area contributed by atoms with Gasteiger partial charge >= 0.3 is 12.1 Å². The number of anilines is 2. The number of hydrogen-bond acceptors (Lipinski definition) is 4. The van der Waals surface area contributed by atoms with Gasteiger partial charge in [0.2, 0.25) is 0 Å². The van der Waals surface area contributed by atoms with E-state index in [9.17, 15) is 22.8 Å². The fourth-order valence-corrected chi connectivity index (χ4v) is 3.08. The third-order valence-electron chi connectivity index (χ3n) is 4.45. The second-order valence-corrected chi connectivity index (χ2v) is 6.49. The third kappa shape index (κ3) is 4.85. The number of alkyl halides is 3. The maximum Gasteiger partial charge on any atom is 0.416 e. The zero-order chi connectivity index (χ0) is 20.1. The Morgan fingerprint density at radius 1 is 1.14 bits per heavy atom. The fraction of sp³-hybridized carbons (Fsp3) is 0.368. The molecule has 2 heterocycles. The van der Waals surface area contributed by atoms with Crippen LogP contribution in [0, 0.1) is 0 Å². The molecule has 9 heteroatoms. The summed E-state index contributed by atoms with van der Waals surface area (Å²) in [5, 5.41) is 2.45. The van der Waals surface area contributed by atoms with Gasteiger partial charge in [-0.1, -0.05) is 0 Å². The maximum atomic E-state index is 13.1. The first-order valence-corrected chi connectivity index (χ1v) is 8.91. The molecule has 150 valence electrons. The van der Waals surface area contributed by atoms with Crippen LogP contribution < -0.4 is 10.2 Å². The lowest BCUT2D eigenvalue weighted by Crippen LogP contribution is -2.31. The second-order valence-electron chi connectivity index (χ2n) is 6.49. The Bertz CT molecular complexity index is 829. The molecular weight excluding hydrogens is 375 g/mol. The first-order valence-electron chi connectivity index (χ1n) is 8.91. The van der Waals surface area contributed by atoms with Crippen molar-refractivity contribution in [3.8, 4) is 0 Å². The number of ether oxygens (including phenoxy) is 1. The van der Waals surface area contributed by atoms with E-state index in [-0.39, 0.29) is 11.4 Å². The lowest BCUT2D eigenvalue weighted by Gasteiger charge is -2.31. The van der Waals surface area contributed by atoms with Gasteiger partial charge in [0, 0.05) is 19.3 Å². The van der Waals surface area contributed by atoms with Crippen molar-refractivity contribution < 1.29 is 27.5 Å². The van der Waals surface area contributed by atoms with Crippen LogP contribution in [0.15, 0.2) is 36.5 Å². The summed E-state index contributed by atoms with van der Waals surface area (Å²) in [4.78, 5) is 28.6. The number of aromatic nitrogens is 1. The number of aromatic amines is 1. The predicted molar refractivity (Wildman–Crippen MR) is 97.2 cm³/mol. The van der Waals surface area contributed by atoms with Crippen molar-refractivity contribution in [2.24, 2.45) is 0 Å². The topological polar surface area (TPSA) is 74.4 Å². The van der Waals surface area contributed by atoms with Crippen molar-refractivity contribution in [1.29, 1.82) is 0 Å². The molecule has 6 nitrogen and oxygen atoms in total. The maximum absolute atomic E-state index is 13.1. The summed E-state index contributed by atoms with van der Waals surface area (Å²) < 4.78 is 44.2. The molecule has 2 N–H and O–H groups in total. The van der Waals surface area contributed by atoms with Gasteiger partial charge in [-0.3, -0.25) is 4.79 Å². The average Bonchev–Trinajstić information content (AvgIpc) is 3.21. The number of nitrogens with one attached hydrogen (secondary N) is 2. The van der Waals surface area contributed by atoms with Gasteiger partial charge in [0.05, 0.1) is 16.9 Å². The van der Waals surface area contributed by atoms with Gasteiger partial charge in [0.1, 0.15) is 5.69 Å². The summed E-state index contributed by atoms with van der Waals surface area (Å²) in [6.07, 6.45) is -0.0674. The molecule has 0 aliphatic carbocycles. The van der Waals surface area contributed by atoms with E-state index in [1.54, 1.807) is 6.07 Å². The average molecular weight is 395 g/mol. The number of rotatable bonds is 5. The van der Waals surface area contributed by atoms with Gasteiger partial charge < -0.3 is 19.9 Å². The number of esters is 1. The number of benzene rings is 1. The number of nitrogens with zero attached hydrogens (tertiary/aromatic N) is 1. The standard InChI is InChI=1S/C19H20F3N3O3/c20-19(21,22)13-6-7-16(25-9-2-1-3-10-25)15(11-13)24-17(26)12-28-18(27)14-5-4-8-23-14/h4-8,11,23H,1-3,9-10,12H2,(H,24,26). The zero-order valence-corrected chi connectivity index (χ0v) is 15.0. The Balaban J connectivity index is 1.73. The highest BCUT2D eigenvalue weighted by atomic mass is 19.4. The van der Waals surface area contributed by atoms with Crippen molar-refractivity contribution in [2.75, 3.05) is 29.9 Å². The predicted octanol–water partition coefficient (Wildman–Crippen LogP) is 3.82. The van der Waals surface area contributed by atoms with Crippen LogP contribution in [0.5, 0.6) is 0 Å². The molecule has 1 amide bonds. The van der Waals surface area contributed by atoms with E-state index in [0.717, 1.165) is 31.4 Å². The number of hydrogen-bond donors (Lipinski definition) is 2. The SMILES string of the molecule is O=C(COC(=O)c1ccc[nH]1)Nc1cc(C(F)(F)F)ccc1N1CCCCC1. The van der Waals surface area contributed by atoms with Crippen LogP contribution in [0.1, 0.15) is 35.3 Å². The number of piperidine rings is 1. The molecule has 1 aromatic heterocycles. The molecule has 0 saturated carbocycles. The minimum atomic E-state index is -4.53. The van der Waals surface area contributed by atoms with Gasteiger partial charge in [0.15, 0.2) is 6.61 Å². The largest absolute Gasteiger partial charge is 0.451 e. The Morgan fingerprint density at radius 3 is 2.54 bits per heavy atom. The summed E-state index contributed by atoms with van der Waals surface area (Å²) in [5.74, 6) is -1.43. The van der Waals surface area contributed by atoms with Crippen molar-refractivity contribution in [2.45, 2.75) is 25.4 Å². The first-order chi connectivity index (χ1) is 13.3. The lowest BCUT2D eigenvalue weighted by molar-refractivity contribution is -0.137. The molecule has 28 heavy (non-hydrogen) atoms. The van der Waals surface area contributed by atoms with Crippen LogP contribution in [-0.4, -0.2) is 36.6 Å². The summed E-state index contributed by atoms with van der Waals surface area (Å²) in [6.45, 7) is 0.805. The van der Waals surface area contributed by atoms with E-state index >= 15 is 0 Å². The molecule has 2 aromatic rings. The Labute approximate surface area is 159 Å². The zero-order valence-electron chi connectivity index (χ0n) is 15.0. The van der Waals surface area contributed by atoms with Crippen LogP contribution in [0.3, 0.4) is 0 Å². The molecule has 0 unspecified atom stereocenters. The number of carbonyl (C=O) groups is 2. The first kappa shape index (κ1) is 19.8. The van der Waals surface area contributed by atoms with Crippen LogP contribution in [0.4, 0.5) is 24.5 Å². The van der Waals surface area contributed by atoms with Crippen molar-refractivity contribution >= 4 is 23.3 Å². The second kappa shape index (κ2) is 8.37. The lowest BCUT2D eigenvalue weighted by atomic mass is 10.1. The molecule has 1 aromatic carbocycles. The quantitative estimate of drug-likeness (QED) is 0.755. The van der Waals surface area contributed by atoms with Crippen LogP contribution in [0.25, 0.3) is 0 Å². The molecule has 0 atom stereocenters. The van der Waals surface area contributed by atoms with Crippen molar-refractivity contribution in [3.05, 3.63) is 47.8 Å². The molecule has 0 radical (unpaired) electrons. The highest BCUT2D eigenvalue weighted by Gasteiger charge is 2.32. The summed E-state index contributed by atoms with van der Waals surface area (Å²) >= 11 is 0. The van der Waals surface area contributed by atoms with Crippen LogP contribution in [-0.2, 0) is 15.7 Å². The normalized spacial score (nSPS) is 14.6. The van der Waals surface area contributed by atoms with Crippen molar-refractivity contribution in [1.82, 2.24) is 4.98 Å². The molecule has 3 rings (SSSR count). The molecule has 1 saturated heterocycles. The fourth-order valence-electron chi connectivity index (χ4n) is 3.08. The van der Waals surface area contributed by atoms with Gasteiger partial charge in [-0.15, -0.1) is 0 Å². The van der Waals surface area contributed by atoms with Gasteiger partial charge in [-0.05, 0) is 49.6 Å². The smallest absolute Gasteiger partial charge is 0.416 e. The molecule has 0 spiro atoms. The molecular formula is C19H20F3N3O3. The molecule has 1 aliphatic heterocycles. The van der Waals surface area contributed by atoms with Crippen LogP contribution in [0.2, 0.25) is 0 Å². The minimum absolute atomic E-state index is 0.0534. The summed E-state index contributed by atoms with van der Waals surface area (Å²) in [7, 11) is 0. The monoisotopic (exact) mass is 395 g/mol. The third-order valence-corrected chi connectivity index (χ3v) is 4.45. The van der Waals surface area contributed by atoms with Gasteiger partial charge in [-0.2, -0.15) is 13.2 Å². The summed E-state index contributed by atoms with van der Waals surface area (Å²) in [5.41, 5.74) is -0.0952. The molecule has 0 bridgehead atoms. The van der Waals surface area contributed by atoms with E-state index in [2.05, 4.69) is 10.3 Å². The highest BCUT2D eigenvalue weighted by Crippen LogP contribution is 2.36. The van der Waals surface area contributed by atoms with E-state index in [1.807, 2.05) is 4.90 Å². The number of carbonyl (C=O) groups excluding carboxylic acids is 2. The number of amides is 1. The van der Waals surface area contributed by atoms with E-state index in [0.29, 0.717) is 18.8 Å². The van der Waals surface area contributed by atoms with Gasteiger partial charge in [0.25, 0.3) is 5.91 Å². The van der Waals surface area contributed by atoms with Crippen LogP contribution >= 0.6 is 0 Å². The Kier molecular flexibility index (Phi) is 5.91. The minimum Gasteiger partial charge on any atom is -0.451 e. The Morgan fingerprint density at radius 2 is 1.89 bits per heavy atom. The van der Waals surface area contributed by atoms with E-state index in [4.69, 9.17) is 4.74 Å². The van der Waals surface area contributed by atoms with Crippen molar-refractivity contribution in [3.63, 3.8) is 0 Å². The number of halogens is 3.